The summed E-state index contributed by atoms with van der Waals surface area (Å²) < 4.78 is 6.50. The average molecular weight is 647 g/mol. The van der Waals surface area contributed by atoms with Crippen molar-refractivity contribution in [3.05, 3.63) is 182 Å². The van der Waals surface area contributed by atoms with Crippen LogP contribution in [0.3, 0.4) is 0 Å². The van der Waals surface area contributed by atoms with Crippen LogP contribution in [0.4, 0.5) is 0 Å². The fourth-order valence-electron chi connectivity index (χ4n) is 8.45. The minimum absolute atomic E-state index is 0.904. The molecule has 0 unspecified atom stereocenters. The highest BCUT2D eigenvalue weighted by Gasteiger charge is 2.16. The van der Waals surface area contributed by atoms with Gasteiger partial charge in [0.2, 0.25) is 0 Å². The molecule has 0 radical (unpaired) electrons. The molecule has 1 heterocycles. The molecule has 0 saturated carbocycles. The molecule has 236 valence electrons. The van der Waals surface area contributed by atoms with Crippen LogP contribution in [0.1, 0.15) is 0 Å². The van der Waals surface area contributed by atoms with Gasteiger partial charge in [0.05, 0.1) is 0 Å². The van der Waals surface area contributed by atoms with Crippen molar-refractivity contribution < 1.29 is 4.42 Å². The predicted molar refractivity (Wildman–Crippen MR) is 217 cm³/mol. The quantitative estimate of drug-likeness (QED) is 0.173. The van der Waals surface area contributed by atoms with E-state index in [0.29, 0.717) is 0 Å². The van der Waals surface area contributed by atoms with Crippen molar-refractivity contribution in [2.24, 2.45) is 0 Å². The molecule has 0 N–H and O–H groups in total. The zero-order valence-electron chi connectivity index (χ0n) is 27.7. The molecule has 0 aliphatic heterocycles. The van der Waals surface area contributed by atoms with Gasteiger partial charge in [-0.2, -0.15) is 0 Å². The maximum Gasteiger partial charge on any atom is 0.143 e. The topological polar surface area (TPSA) is 13.1 Å². The monoisotopic (exact) mass is 646 g/mol. The van der Waals surface area contributed by atoms with Crippen molar-refractivity contribution >= 4 is 65.0 Å². The van der Waals surface area contributed by atoms with Crippen molar-refractivity contribution in [2.45, 2.75) is 0 Å². The lowest BCUT2D eigenvalue weighted by molar-refractivity contribution is 0.670. The summed E-state index contributed by atoms with van der Waals surface area (Å²) in [6.45, 7) is 0. The van der Waals surface area contributed by atoms with Gasteiger partial charge in [-0.25, -0.2) is 0 Å². The maximum absolute atomic E-state index is 6.50. The van der Waals surface area contributed by atoms with Crippen molar-refractivity contribution in [3.8, 4) is 44.5 Å². The zero-order valence-corrected chi connectivity index (χ0v) is 27.7. The van der Waals surface area contributed by atoms with Gasteiger partial charge in [-0.3, -0.25) is 0 Å². The summed E-state index contributed by atoms with van der Waals surface area (Å²) in [5.41, 5.74) is 11.4. The number of hydrogen-bond donors (Lipinski definition) is 0. The van der Waals surface area contributed by atoms with E-state index in [1.54, 1.807) is 0 Å². The summed E-state index contributed by atoms with van der Waals surface area (Å²) in [6.07, 6.45) is 0. The average Bonchev–Trinajstić information content (AvgIpc) is 3.58. The molecular formula is C50H30O. The minimum atomic E-state index is 0.904. The first kappa shape index (κ1) is 28.2. The molecule has 0 bridgehead atoms. The summed E-state index contributed by atoms with van der Waals surface area (Å²) in [5.74, 6) is 0. The fourth-order valence-corrected chi connectivity index (χ4v) is 8.45. The summed E-state index contributed by atoms with van der Waals surface area (Å²) in [5, 5.41) is 12.6. The molecule has 0 aliphatic carbocycles. The third kappa shape index (κ3) is 4.28. The van der Waals surface area contributed by atoms with E-state index in [2.05, 4.69) is 182 Å². The van der Waals surface area contributed by atoms with Gasteiger partial charge in [-0.15, -0.1) is 0 Å². The van der Waals surface area contributed by atoms with E-state index < -0.39 is 0 Å². The first-order valence-electron chi connectivity index (χ1n) is 17.6. The smallest absolute Gasteiger partial charge is 0.143 e. The lowest BCUT2D eigenvalue weighted by Gasteiger charge is -2.16. The molecule has 0 saturated heterocycles. The Kier molecular flexibility index (Phi) is 6.02. The van der Waals surface area contributed by atoms with Gasteiger partial charge in [0, 0.05) is 16.3 Å². The molecule has 0 fully saturated rings. The molecule has 0 spiro atoms. The molecule has 10 aromatic carbocycles. The normalized spacial score (nSPS) is 11.9. The largest absolute Gasteiger partial charge is 0.455 e. The lowest BCUT2D eigenvalue weighted by atomic mass is 9.88. The number of fused-ring (bicyclic) bond motifs is 4. The van der Waals surface area contributed by atoms with Gasteiger partial charge in [0.1, 0.15) is 11.2 Å². The highest BCUT2D eigenvalue weighted by Crippen LogP contribution is 2.43. The van der Waals surface area contributed by atoms with Gasteiger partial charge < -0.3 is 4.42 Å². The lowest BCUT2D eigenvalue weighted by Crippen LogP contribution is -1.89. The van der Waals surface area contributed by atoms with Crippen LogP contribution < -0.4 is 0 Å². The first-order valence-corrected chi connectivity index (χ1v) is 17.6. The Hall–Kier alpha value is -6.70. The predicted octanol–water partition coefficient (Wildman–Crippen LogP) is 14.3. The van der Waals surface area contributed by atoms with E-state index in [1.807, 2.05) is 0 Å². The van der Waals surface area contributed by atoms with E-state index in [1.165, 1.54) is 76.5 Å². The fraction of sp³-hybridized carbons (Fsp3) is 0. The minimum Gasteiger partial charge on any atom is -0.455 e. The van der Waals surface area contributed by atoms with Crippen molar-refractivity contribution in [1.29, 1.82) is 0 Å². The Morgan fingerprint density at radius 3 is 1.59 bits per heavy atom. The van der Waals surface area contributed by atoms with Gasteiger partial charge in [0.15, 0.2) is 0 Å². The van der Waals surface area contributed by atoms with Crippen molar-refractivity contribution in [3.63, 3.8) is 0 Å². The van der Waals surface area contributed by atoms with Crippen LogP contribution in [-0.2, 0) is 0 Å². The number of furan rings is 1. The summed E-state index contributed by atoms with van der Waals surface area (Å²) in [6, 6.07) is 66.3. The van der Waals surface area contributed by atoms with Gasteiger partial charge in [0.25, 0.3) is 0 Å². The van der Waals surface area contributed by atoms with Crippen LogP contribution >= 0.6 is 0 Å². The molecule has 0 atom stereocenters. The van der Waals surface area contributed by atoms with E-state index >= 15 is 0 Å². The molecule has 0 aliphatic rings. The van der Waals surface area contributed by atoms with Crippen LogP contribution in [0.5, 0.6) is 0 Å². The van der Waals surface area contributed by atoms with Crippen LogP contribution in [0.2, 0.25) is 0 Å². The Bertz CT molecular complexity index is 3110. The second-order valence-corrected chi connectivity index (χ2v) is 13.6. The van der Waals surface area contributed by atoms with Gasteiger partial charge in [-0.05, 0) is 100 Å². The van der Waals surface area contributed by atoms with Crippen molar-refractivity contribution in [1.82, 2.24) is 0 Å². The molecular weight excluding hydrogens is 617 g/mol. The van der Waals surface area contributed by atoms with E-state index in [-0.39, 0.29) is 0 Å². The van der Waals surface area contributed by atoms with Crippen LogP contribution in [-0.4, -0.2) is 0 Å². The Labute approximate surface area is 295 Å². The van der Waals surface area contributed by atoms with Crippen LogP contribution in [0.25, 0.3) is 110 Å². The SMILES string of the molecule is c1ccc(-c2cccc3c2oc2ccc(-c4ccc(-c5cccc(-c6ccc7ccc8cccc9ccc6c7c89)c5)c5ccccc45)cc23)cc1. The van der Waals surface area contributed by atoms with E-state index in [9.17, 15) is 0 Å². The first-order chi connectivity index (χ1) is 25.3. The summed E-state index contributed by atoms with van der Waals surface area (Å²) >= 11 is 0. The number of hydrogen-bond acceptors (Lipinski definition) is 1. The molecule has 51 heavy (non-hydrogen) atoms. The van der Waals surface area contributed by atoms with E-state index in [4.69, 9.17) is 4.42 Å². The molecule has 11 rings (SSSR count). The number of rotatable bonds is 4. The van der Waals surface area contributed by atoms with Crippen molar-refractivity contribution in [2.75, 3.05) is 0 Å². The Balaban J connectivity index is 1.04. The maximum atomic E-state index is 6.50. The van der Waals surface area contributed by atoms with Crippen LogP contribution in [0.15, 0.2) is 186 Å². The third-order valence-corrected chi connectivity index (χ3v) is 10.8. The highest BCUT2D eigenvalue weighted by atomic mass is 16.3. The molecule has 1 heteroatoms. The molecule has 0 amide bonds. The second kappa shape index (κ2) is 10.9. The summed E-state index contributed by atoms with van der Waals surface area (Å²) in [4.78, 5) is 0. The number of benzene rings is 10. The Morgan fingerprint density at radius 2 is 0.824 bits per heavy atom. The van der Waals surface area contributed by atoms with Crippen LogP contribution in [0, 0.1) is 0 Å². The number of para-hydroxylation sites is 1. The standard InChI is InChI=1S/C50H30O/c1-2-9-31(10-3-1)41-17-8-18-45-46-30-37(23-28-47(46)51-50(41)45)39-27-26-38(42-15-4-5-16-43(39)42)35-13-7-14-36(29-35)40-24-21-34-20-19-32-11-6-12-33-22-25-44(40)49(34)48(32)33/h1-30H. The zero-order chi connectivity index (χ0) is 33.5. The Morgan fingerprint density at radius 1 is 0.275 bits per heavy atom. The second-order valence-electron chi connectivity index (χ2n) is 13.6. The van der Waals surface area contributed by atoms with Gasteiger partial charge >= 0.3 is 0 Å². The highest BCUT2D eigenvalue weighted by molar-refractivity contribution is 6.25. The van der Waals surface area contributed by atoms with Gasteiger partial charge in [-0.1, -0.05) is 164 Å². The molecule has 1 nitrogen and oxygen atoms in total. The molecule has 1 aromatic heterocycles. The van der Waals surface area contributed by atoms with E-state index in [0.717, 1.165) is 33.1 Å². The summed E-state index contributed by atoms with van der Waals surface area (Å²) in [7, 11) is 0. The molecule has 11 aromatic rings. The third-order valence-electron chi connectivity index (χ3n) is 10.8.